The first-order valence-corrected chi connectivity index (χ1v) is 10.3. The summed E-state index contributed by atoms with van der Waals surface area (Å²) in [6.07, 6.45) is 2.52. The van der Waals surface area contributed by atoms with E-state index < -0.39 is 24.5 Å². The molecule has 0 spiro atoms. The Morgan fingerprint density at radius 1 is 1.30 bits per heavy atom. The van der Waals surface area contributed by atoms with Crippen LogP contribution in [0, 0.1) is 0 Å². The number of nitrogens with zero attached hydrogens (tertiary/aromatic N) is 2. The van der Waals surface area contributed by atoms with Crippen molar-refractivity contribution in [2.75, 3.05) is 20.3 Å². The maximum atomic E-state index is 14.7. The average molecular weight is 463 g/mol. The van der Waals surface area contributed by atoms with Crippen molar-refractivity contribution in [2.45, 2.75) is 30.9 Å². The minimum absolute atomic E-state index is 0.00827. The third-order valence-corrected chi connectivity index (χ3v) is 5.86. The second kappa shape index (κ2) is 7.95. The van der Waals surface area contributed by atoms with Crippen LogP contribution in [0.25, 0.3) is 22.6 Å². The van der Waals surface area contributed by atoms with Crippen molar-refractivity contribution in [3.63, 3.8) is 0 Å². The maximum Gasteiger partial charge on any atom is 0.387 e. The number of nitrogens with one attached hydrogen (secondary N) is 1. The first kappa shape index (κ1) is 21.6. The Morgan fingerprint density at radius 2 is 2.03 bits per heavy atom. The number of hydrogen-bond donors (Lipinski definition) is 1. The van der Waals surface area contributed by atoms with Crippen LogP contribution < -0.4 is 14.8 Å². The predicted octanol–water partition coefficient (Wildman–Crippen LogP) is 4.48. The zero-order valence-corrected chi connectivity index (χ0v) is 17.7. The quantitative estimate of drug-likeness (QED) is 0.500. The van der Waals surface area contributed by atoms with E-state index in [1.165, 1.54) is 13.2 Å². The minimum Gasteiger partial charge on any atom is -0.496 e. The molecule has 6 nitrogen and oxygen atoms in total. The van der Waals surface area contributed by atoms with Crippen LogP contribution in [-0.4, -0.2) is 48.5 Å². The Labute approximate surface area is 186 Å². The van der Waals surface area contributed by atoms with E-state index in [9.17, 15) is 17.6 Å². The SMILES string of the molecule is C=C(NC1CC1F)c1c(OC)cc(-c2cnc3cc(C4(F)COC4)ccn23)cc1OC(F)F. The summed E-state index contributed by atoms with van der Waals surface area (Å²) < 4.78 is 71.4. The molecule has 2 fully saturated rings. The van der Waals surface area contributed by atoms with Crippen molar-refractivity contribution in [2.24, 2.45) is 0 Å². The van der Waals surface area contributed by atoms with Crippen LogP contribution in [0.2, 0.25) is 0 Å². The third kappa shape index (κ3) is 3.88. The molecule has 2 aromatic heterocycles. The van der Waals surface area contributed by atoms with E-state index in [4.69, 9.17) is 14.2 Å². The molecule has 1 aromatic carbocycles. The molecule has 1 saturated carbocycles. The highest BCUT2D eigenvalue weighted by molar-refractivity contribution is 5.79. The Kier molecular flexibility index (Phi) is 5.19. The van der Waals surface area contributed by atoms with Gasteiger partial charge in [-0.1, -0.05) is 6.58 Å². The lowest BCUT2D eigenvalue weighted by molar-refractivity contribution is -0.135. The highest BCUT2D eigenvalue weighted by atomic mass is 19.3. The molecule has 33 heavy (non-hydrogen) atoms. The molecule has 1 aliphatic heterocycles. The first-order chi connectivity index (χ1) is 15.8. The molecule has 1 N–H and O–H groups in total. The van der Waals surface area contributed by atoms with Gasteiger partial charge < -0.3 is 19.5 Å². The lowest BCUT2D eigenvalue weighted by Crippen LogP contribution is -2.42. The number of aromatic nitrogens is 2. The summed E-state index contributed by atoms with van der Waals surface area (Å²) in [6, 6.07) is 5.90. The summed E-state index contributed by atoms with van der Waals surface area (Å²) >= 11 is 0. The van der Waals surface area contributed by atoms with Gasteiger partial charge >= 0.3 is 6.61 Å². The zero-order chi connectivity index (χ0) is 23.3. The summed E-state index contributed by atoms with van der Waals surface area (Å²) in [4.78, 5) is 4.34. The Balaban J connectivity index is 1.56. The molecule has 2 aliphatic rings. The fourth-order valence-corrected chi connectivity index (χ4v) is 3.92. The van der Waals surface area contributed by atoms with Crippen molar-refractivity contribution in [3.8, 4) is 22.8 Å². The number of rotatable bonds is 8. The fraction of sp³-hybridized carbons (Fsp3) is 0.348. The molecule has 5 rings (SSSR count). The molecule has 1 saturated heterocycles. The molecule has 3 heterocycles. The molecule has 2 unspecified atom stereocenters. The van der Waals surface area contributed by atoms with E-state index in [0.717, 1.165) is 0 Å². The van der Waals surface area contributed by atoms with E-state index in [1.807, 2.05) is 0 Å². The summed E-state index contributed by atoms with van der Waals surface area (Å²) in [5.74, 6) is 0.0476. The molecule has 10 heteroatoms. The number of alkyl halides is 4. The second-order valence-electron chi connectivity index (χ2n) is 8.16. The number of pyridine rings is 1. The molecule has 0 radical (unpaired) electrons. The molecule has 174 valence electrons. The number of fused-ring (bicyclic) bond motifs is 1. The van der Waals surface area contributed by atoms with Gasteiger partial charge in [0.2, 0.25) is 0 Å². The van der Waals surface area contributed by atoms with Crippen LogP contribution in [0.4, 0.5) is 17.6 Å². The molecule has 1 aliphatic carbocycles. The van der Waals surface area contributed by atoms with E-state index in [-0.39, 0.29) is 36.0 Å². The van der Waals surface area contributed by atoms with Gasteiger partial charge in [0.1, 0.15) is 23.3 Å². The van der Waals surface area contributed by atoms with Crippen LogP contribution in [0.1, 0.15) is 17.5 Å². The van der Waals surface area contributed by atoms with E-state index >= 15 is 0 Å². The topological polar surface area (TPSA) is 57.0 Å². The number of ether oxygens (including phenoxy) is 3. The number of benzene rings is 1. The van der Waals surface area contributed by atoms with Crippen LogP contribution in [-0.2, 0) is 10.4 Å². The lowest BCUT2D eigenvalue weighted by atomic mass is 9.95. The molecule has 0 bridgehead atoms. The van der Waals surface area contributed by atoms with Gasteiger partial charge in [0, 0.05) is 23.9 Å². The fourth-order valence-electron chi connectivity index (χ4n) is 3.92. The van der Waals surface area contributed by atoms with Gasteiger partial charge in [-0.3, -0.25) is 4.40 Å². The van der Waals surface area contributed by atoms with Gasteiger partial charge in [-0.25, -0.2) is 13.8 Å². The molecule has 3 aromatic rings. The standard InChI is InChI=1S/C23H21F4N3O3/c1-12(29-16-8-15(16)24)21-18(31-2)5-13(6-19(21)33-22(25)26)17-9-28-20-7-14(3-4-30(17)20)23(27)10-32-11-23/h3-7,9,15-16,22,29H,1,8,10-11H2,2H3. The van der Waals surface area contributed by atoms with Gasteiger partial charge in [-0.05, 0) is 29.8 Å². The summed E-state index contributed by atoms with van der Waals surface area (Å²) in [6.45, 7) is 0.746. The third-order valence-electron chi connectivity index (χ3n) is 5.86. The summed E-state index contributed by atoms with van der Waals surface area (Å²) in [7, 11) is 1.39. The summed E-state index contributed by atoms with van der Waals surface area (Å²) in [5, 5.41) is 2.89. The number of halogens is 4. The Bertz CT molecular complexity index is 1230. The van der Waals surface area contributed by atoms with Crippen LogP contribution >= 0.6 is 0 Å². The van der Waals surface area contributed by atoms with Gasteiger partial charge in [0.25, 0.3) is 0 Å². The van der Waals surface area contributed by atoms with Gasteiger partial charge in [0.05, 0.1) is 43.8 Å². The van der Waals surface area contributed by atoms with E-state index in [2.05, 4.69) is 16.9 Å². The smallest absolute Gasteiger partial charge is 0.387 e. The van der Waals surface area contributed by atoms with Crippen molar-refractivity contribution < 1.29 is 31.8 Å². The van der Waals surface area contributed by atoms with Gasteiger partial charge in [0.15, 0.2) is 5.67 Å². The van der Waals surface area contributed by atoms with Crippen molar-refractivity contribution in [3.05, 3.63) is 54.4 Å². The number of methoxy groups -OCH3 is 1. The van der Waals surface area contributed by atoms with E-state index in [0.29, 0.717) is 28.9 Å². The summed E-state index contributed by atoms with van der Waals surface area (Å²) in [5.41, 5.74) is 0.851. The lowest BCUT2D eigenvalue weighted by Gasteiger charge is -2.34. The van der Waals surface area contributed by atoms with Crippen LogP contribution in [0.3, 0.4) is 0 Å². The largest absolute Gasteiger partial charge is 0.496 e. The molecular weight excluding hydrogens is 442 g/mol. The zero-order valence-electron chi connectivity index (χ0n) is 17.7. The predicted molar refractivity (Wildman–Crippen MR) is 113 cm³/mol. The monoisotopic (exact) mass is 463 g/mol. The average Bonchev–Trinajstić information content (AvgIpc) is 3.28. The maximum absolute atomic E-state index is 14.7. The minimum atomic E-state index is -3.10. The Hall–Kier alpha value is -3.27. The Morgan fingerprint density at radius 3 is 2.64 bits per heavy atom. The van der Waals surface area contributed by atoms with Crippen LogP contribution in [0.5, 0.6) is 11.5 Å². The van der Waals surface area contributed by atoms with E-state index in [1.54, 1.807) is 35.0 Å². The van der Waals surface area contributed by atoms with Crippen molar-refractivity contribution in [1.29, 1.82) is 0 Å². The van der Waals surface area contributed by atoms with Crippen molar-refractivity contribution >= 4 is 11.3 Å². The first-order valence-electron chi connectivity index (χ1n) is 10.3. The van der Waals surface area contributed by atoms with Crippen molar-refractivity contribution in [1.82, 2.24) is 14.7 Å². The molecule has 0 amide bonds. The normalized spacial score (nSPS) is 21.0. The van der Waals surface area contributed by atoms with Gasteiger partial charge in [-0.15, -0.1) is 0 Å². The molecule has 2 atom stereocenters. The highest BCUT2D eigenvalue weighted by Crippen LogP contribution is 2.41. The number of hydrogen-bond acceptors (Lipinski definition) is 5. The second-order valence-corrected chi connectivity index (χ2v) is 8.16. The van der Waals surface area contributed by atoms with Gasteiger partial charge in [-0.2, -0.15) is 8.78 Å². The number of imidazole rings is 1. The van der Waals surface area contributed by atoms with Crippen LogP contribution in [0.15, 0.2) is 43.2 Å². The molecular formula is C23H21F4N3O3. The highest BCUT2D eigenvalue weighted by Gasteiger charge is 2.41.